The van der Waals surface area contributed by atoms with Gasteiger partial charge in [0, 0.05) is 0 Å². The second kappa shape index (κ2) is 88.4. The van der Waals surface area contributed by atoms with Crippen LogP contribution in [0.25, 0.3) is 0 Å². The van der Waals surface area contributed by atoms with Gasteiger partial charge in [-0.05, 0) is 0 Å². The van der Waals surface area contributed by atoms with Gasteiger partial charge in [-0.15, -0.1) is 0 Å². The Morgan fingerprint density at radius 3 is 0.739 bits per heavy atom. The third-order valence-corrected chi connectivity index (χ3v) is 0.591. The molecule has 0 amide bonds. The van der Waals surface area contributed by atoms with Crippen molar-refractivity contribution in [3.63, 3.8) is 0 Å². The Bertz CT molecular complexity index is 147. The standard InChI is InChI=1S/CH3O6P.3Na.12H2O.3H/c2-1(3)7-8(4,5)6;;;;;;;;;;;;;;;;;;/h(H,2,3)(H2,4,5,6);;;;12*1H2;;;. The number of hydrogen-bond acceptors (Lipinski definition) is 3. The third kappa shape index (κ3) is 239. The van der Waals surface area contributed by atoms with Crippen molar-refractivity contribution >= 4 is 103 Å². The van der Waals surface area contributed by atoms with Crippen molar-refractivity contribution in [1.29, 1.82) is 0 Å². The Hall–Kier alpha value is 1.94. The topological polar surface area (TPSA) is 482 Å². The van der Waals surface area contributed by atoms with E-state index < -0.39 is 14.0 Å². The van der Waals surface area contributed by atoms with Gasteiger partial charge in [-0.1, -0.05) is 0 Å². The van der Waals surface area contributed by atoms with Gasteiger partial charge in [-0.25, -0.2) is 9.36 Å². The van der Waals surface area contributed by atoms with Gasteiger partial charge < -0.3 is 75.3 Å². The van der Waals surface area contributed by atoms with Gasteiger partial charge in [0.2, 0.25) is 0 Å². The fourth-order valence-corrected chi connectivity index (χ4v) is 0.305. The molecule has 0 heterocycles. The van der Waals surface area contributed by atoms with Gasteiger partial charge in [0.05, 0.1) is 0 Å². The van der Waals surface area contributed by atoms with E-state index in [0.29, 0.717) is 0 Å². The summed E-state index contributed by atoms with van der Waals surface area (Å²) in [5.41, 5.74) is 0. The van der Waals surface area contributed by atoms with Crippen LogP contribution >= 0.6 is 7.82 Å². The fraction of sp³-hybridized carbons (Fsp3) is 0. The van der Waals surface area contributed by atoms with Crippen molar-refractivity contribution in [3.8, 4) is 0 Å². The van der Waals surface area contributed by atoms with Crippen LogP contribution in [0.5, 0.6) is 0 Å². The molecule has 22 heteroatoms. The van der Waals surface area contributed by atoms with E-state index >= 15 is 0 Å². The van der Waals surface area contributed by atoms with Gasteiger partial charge in [0.15, 0.2) is 0 Å². The van der Waals surface area contributed by atoms with E-state index in [1.807, 2.05) is 0 Å². The zero-order valence-electron chi connectivity index (χ0n) is 9.51. The van der Waals surface area contributed by atoms with E-state index in [9.17, 15) is 9.36 Å². The van der Waals surface area contributed by atoms with Crippen LogP contribution in [-0.2, 0) is 9.09 Å². The molecule has 0 fully saturated rings. The summed E-state index contributed by atoms with van der Waals surface area (Å²) < 4.78 is 12.6. The molecule has 0 bridgehead atoms. The fourth-order valence-electron chi connectivity index (χ4n) is 0.102. The van der Waals surface area contributed by atoms with Crippen LogP contribution in [0.1, 0.15) is 0 Å². The number of phosphoric ester groups is 1. The van der Waals surface area contributed by atoms with Gasteiger partial charge in [0.1, 0.15) is 0 Å². The van der Waals surface area contributed by atoms with Crippen molar-refractivity contribution in [2.45, 2.75) is 0 Å². The van der Waals surface area contributed by atoms with E-state index in [4.69, 9.17) is 14.9 Å². The van der Waals surface area contributed by atoms with Crippen LogP contribution in [0.3, 0.4) is 0 Å². The monoisotopic (exact) mass is 430 g/mol. The second-order valence-electron chi connectivity index (χ2n) is 0.848. The van der Waals surface area contributed by atoms with E-state index in [2.05, 4.69) is 4.52 Å². The van der Waals surface area contributed by atoms with E-state index in [1.165, 1.54) is 0 Å². The van der Waals surface area contributed by atoms with Crippen molar-refractivity contribution in [1.82, 2.24) is 0 Å². The van der Waals surface area contributed by atoms with Crippen molar-refractivity contribution in [3.05, 3.63) is 0 Å². The normalized spacial score (nSPS) is 3.74. The molecule has 0 aliphatic heterocycles. The Morgan fingerprint density at radius 1 is 0.609 bits per heavy atom. The van der Waals surface area contributed by atoms with Gasteiger partial charge in [0.25, 0.3) is 0 Å². The Morgan fingerprint density at radius 2 is 0.739 bits per heavy atom. The molecule has 0 rings (SSSR count). The Kier molecular flexibility index (Phi) is 687. The molecular formula is CH30Na3O18P. The minimum atomic E-state index is -4.82. The summed E-state index contributed by atoms with van der Waals surface area (Å²) >= 11 is 0. The molecule has 0 aromatic heterocycles. The van der Waals surface area contributed by atoms with Crippen molar-refractivity contribution in [2.75, 3.05) is 0 Å². The minimum absolute atomic E-state index is 0. The molecule has 18 nitrogen and oxygen atoms in total. The van der Waals surface area contributed by atoms with Crippen LogP contribution in [0.2, 0.25) is 0 Å². The van der Waals surface area contributed by atoms with Gasteiger partial charge >= 0.3 is 103 Å². The first-order valence-electron chi connectivity index (χ1n) is 1.40. The molecule has 23 heavy (non-hydrogen) atoms. The molecule has 0 saturated carbocycles. The summed E-state index contributed by atoms with van der Waals surface area (Å²) in [6.07, 6.45) is -1.99. The number of rotatable bonds is 1. The predicted octanol–water partition coefficient (Wildman–Crippen LogP) is -12.1. The van der Waals surface area contributed by atoms with Crippen LogP contribution < -0.4 is 0 Å². The maximum absolute atomic E-state index is 9.53. The first-order valence-corrected chi connectivity index (χ1v) is 2.93. The zero-order valence-corrected chi connectivity index (χ0v) is 10.4. The average molecular weight is 430 g/mol. The van der Waals surface area contributed by atoms with Crippen molar-refractivity contribution < 1.29 is 94.5 Å². The molecule has 0 aliphatic rings. The summed E-state index contributed by atoms with van der Waals surface area (Å²) in [5, 5.41) is 7.53. The van der Waals surface area contributed by atoms with E-state index in [-0.39, 0.29) is 154 Å². The predicted molar refractivity (Wildman–Crippen MR) is 86.0 cm³/mol. The van der Waals surface area contributed by atoms with E-state index in [1.54, 1.807) is 0 Å². The number of carbonyl (C=O) groups is 1. The van der Waals surface area contributed by atoms with Crippen LogP contribution in [0, 0.1) is 0 Å². The molecule has 150 valence electrons. The molecule has 27 N–H and O–H groups in total. The van der Waals surface area contributed by atoms with Crippen molar-refractivity contribution in [2.24, 2.45) is 0 Å². The van der Waals surface area contributed by atoms with E-state index in [0.717, 1.165) is 0 Å². The number of hydrogen-bond donors (Lipinski definition) is 3. The van der Waals surface area contributed by atoms with Gasteiger partial charge in [-0.2, -0.15) is 0 Å². The molecule has 0 saturated heterocycles. The maximum atomic E-state index is 9.53. The second-order valence-corrected chi connectivity index (χ2v) is 2.01. The summed E-state index contributed by atoms with van der Waals surface area (Å²) in [6.45, 7) is 0. The Labute approximate surface area is 195 Å². The number of carboxylic acid groups (broad SMARTS) is 1. The van der Waals surface area contributed by atoms with Crippen LogP contribution in [0.15, 0.2) is 0 Å². The molecule has 0 unspecified atom stereocenters. The molecule has 0 spiro atoms. The molecule has 0 radical (unpaired) electrons. The number of phosphoric acid groups is 1. The Balaban J connectivity index is -0.00000000233. The van der Waals surface area contributed by atoms with Gasteiger partial charge in [-0.3, -0.25) is 9.79 Å². The first kappa shape index (κ1) is 179. The first-order chi connectivity index (χ1) is 3.42. The third-order valence-electron chi connectivity index (χ3n) is 0.197. The summed E-state index contributed by atoms with van der Waals surface area (Å²) in [6, 6.07) is 0. The summed E-state index contributed by atoms with van der Waals surface area (Å²) in [7, 11) is -4.82. The van der Waals surface area contributed by atoms with Crippen LogP contribution in [0.4, 0.5) is 4.79 Å². The zero-order chi connectivity index (χ0) is 6.78. The molecule has 0 aromatic carbocycles. The SMILES string of the molecule is O.O.O.O.O.O.O.O.O.O.O.O.O=C(O)OP(=O)(O)O.[NaH].[NaH].[NaH]. The molecule has 0 aromatic rings. The molecule has 0 atom stereocenters. The summed E-state index contributed by atoms with van der Waals surface area (Å²) in [4.78, 5) is 24.7. The quantitative estimate of drug-likeness (QED) is 0.267. The average Bonchev–Trinajstić information content (AvgIpc) is 1.21. The molecule has 0 aliphatic carbocycles. The van der Waals surface area contributed by atoms with Crippen LogP contribution in [-0.4, -0.2) is 175 Å². The summed E-state index contributed by atoms with van der Waals surface area (Å²) in [5.74, 6) is 0. The molecular weight excluding hydrogens is 400 g/mol.